The summed E-state index contributed by atoms with van der Waals surface area (Å²) in [5, 5.41) is 0. The van der Waals surface area contributed by atoms with Gasteiger partial charge in [-0.3, -0.25) is 9.69 Å². The van der Waals surface area contributed by atoms with Crippen LogP contribution in [0.25, 0.3) is 0 Å². The van der Waals surface area contributed by atoms with Gasteiger partial charge in [0.1, 0.15) is 6.04 Å². The van der Waals surface area contributed by atoms with Crippen molar-refractivity contribution in [2.75, 3.05) is 26.9 Å². The topological polar surface area (TPSA) is 48.0 Å². The van der Waals surface area contributed by atoms with Crippen LogP contribution in [0.5, 0.6) is 0 Å². The molecule has 1 saturated carbocycles. The molecule has 1 heterocycles. The van der Waals surface area contributed by atoms with Gasteiger partial charge in [-0.05, 0) is 33.2 Å². The standard InChI is InChI=1S/C16H29NO4/c1-4-6-14(15(18)19-5-2)17(3)13-7-9-16(10-8-13)20-11-12-21-16/h13-14H,4-12H2,1-3H3. The van der Waals surface area contributed by atoms with Gasteiger partial charge in [0.05, 0.1) is 19.8 Å². The molecule has 122 valence electrons. The van der Waals surface area contributed by atoms with Gasteiger partial charge in [-0.1, -0.05) is 13.3 Å². The van der Waals surface area contributed by atoms with E-state index in [1.54, 1.807) is 0 Å². The van der Waals surface area contributed by atoms with E-state index < -0.39 is 0 Å². The van der Waals surface area contributed by atoms with Crippen LogP contribution in [0.1, 0.15) is 52.4 Å². The van der Waals surface area contributed by atoms with Crippen molar-refractivity contribution in [2.45, 2.75) is 70.2 Å². The van der Waals surface area contributed by atoms with E-state index in [9.17, 15) is 4.79 Å². The van der Waals surface area contributed by atoms with Crippen LogP contribution in [0.2, 0.25) is 0 Å². The van der Waals surface area contributed by atoms with Crippen LogP contribution in [0.15, 0.2) is 0 Å². The molecule has 0 N–H and O–H groups in total. The first-order valence-electron chi connectivity index (χ1n) is 8.28. The largest absolute Gasteiger partial charge is 0.465 e. The van der Waals surface area contributed by atoms with Crippen LogP contribution >= 0.6 is 0 Å². The minimum Gasteiger partial charge on any atom is -0.465 e. The molecule has 0 aromatic carbocycles. The summed E-state index contributed by atoms with van der Waals surface area (Å²) in [6, 6.07) is 0.281. The lowest BCUT2D eigenvalue weighted by molar-refractivity contribution is -0.185. The van der Waals surface area contributed by atoms with E-state index in [-0.39, 0.29) is 17.8 Å². The molecule has 2 fully saturated rings. The van der Waals surface area contributed by atoms with Crippen molar-refractivity contribution in [3.05, 3.63) is 0 Å². The molecule has 1 aliphatic carbocycles. The zero-order valence-corrected chi connectivity index (χ0v) is 13.6. The van der Waals surface area contributed by atoms with Gasteiger partial charge >= 0.3 is 5.97 Å². The normalized spacial score (nSPS) is 23.6. The second-order valence-electron chi connectivity index (χ2n) is 6.06. The lowest BCUT2D eigenvalue weighted by Gasteiger charge is -2.41. The average molecular weight is 299 g/mol. The quantitative estimate of drug-likeness (QED) is 0.705. The van der Waals surface area contributed by atoms with Crippen molar-refractivity contribution in [2.24, 2.45) is 0 Å². The van der Waals surface area contributed by atoms with Gasteiger partial charge in [-0.2, -0.15) is 0 Å². The predicted octanol–water partition coefficient (Wildman–Crippen LogP) is 2.34. The van der Waals surface area contributed by atoms with E-state index in [0.717, 1.165) is 38.5 Å². The van der Waals surface area contributed by atoms with Crippen LogP contribution in [0.4, 0.5) is 0 Å². The number of likely N-dealkylation sites (N-methyl/N-ethyl adjacent to an activating group) is 1. The molecule has 1 atom stereocenters. The lowest BCUT2D eigenvalue weighted by Crippen LogP contribution is -2.49. The summed E-state index contributed by atoms with van der Waals surface area (Å²) < 4.78 is 16.8. The Hall–Kier alpha value is -0.650. The monoisotopic (exact) mass is 299 g/mol. The molecular formula is C16H29NO4. The Balaban J connectivity index is 1.91. The second-order valence-corrected chi connectivity index (χ2v) is 6.06. The highest BCUT2D eigenvalue weighted by molar-refractivity contribution is 5.75. The molecule has 0 aromatic rings. The Morgan fingerprint density at radius 1 is 1.29 bits per heavy atom. The molecule has 2 aliphatic rings. The summed E-state index contributed by atoms with van der Waals surface area (Å²) in [7, 11) is 2.05. The second kappa shape index (κ2) is 7.56. The first kappa shape index (κ1) is 16.7. The number of hydrogen-bond acceptors (Lipinski definition) is 5. The first-order valence-corrected chi connectivity index (χ1v) is 8.28. The number of carbonyl (C=O) groups excluding carboxylic acids is 1. The maximum Gasteiger partial charge on any atom is 0.323 e. The third kappa shape index (κ3) is 3.96. The number of esters is 1. The molecule has 21 heavy (non-hydrogen) atoms. The van der Waals surface area contributed by atoms with Gasteiger partial charge in [0.2, 0.25) is 0 Å². The van der Waals surface area contributed by atoms with Gasteiger partial charge in [0.15, 0.2) is 5.79 Å². The van der Waals surface area contributed by atoms with E-state index in [0.29, 0.717) is 25.9 Å². The smallest absolute Gasteiger partial charge is 0.323 e. The molecule has 2 rings (SSSR count). The molecule has 0 radical (unpaired) electrons. The zero-order chi connectivity index (χ0) is 15.3. The number of carbonyl (C=O) groups is 1. The van der Waals surface area contributed by atoms with E-state index in [1.807, 2.05) is 6.92 Å². The van der Waals surface area contributed by atoms with Gasteiger partial charge in [-0.15, -0.1) is 0 Å². The van der Waals surface area contributed by atoms with Crippen molar-refractivity contribution in [3.8, 4) is 0 Å². The van der Waals surface area contributed by atoms with Crippen LogP contribution in [0.3, 0.4) is 0 Å². The number of rotatable bonds is 6. The van der Waals surface area contributed by atoms with Crippen molar-refractivity contribution < 1.29 is 19.0 Å². The lowest BCUT2D eigenvalue weighted by atomic mass is 9.88. The van der Waals surface area contributed by atoms with Gasteiger partial charge in [0, 0.05) is 18.9 Å². The van der Waals surface area contributed by atoms with Crippen molar-refractivity contribution >= 4 is 5.97 Å². The van der Waals surface area contributed by atoms with Gasteiger partial charge < -0.3 is 14.2 Å². The van der Waals surface area contributed by atoms with E-state index in [1.165, 1.54) is 0 Å². The molecule has 1 saturated heterocycles. The van der Waals surface area contributed by atoms with Crippen molar-refractivity contribution in [1.29, 1.82) is 0 Å². The number of hydrogen-bond donors (Lipinski definition) is 0. The minimum absolute atomic E-state index is 0.0875. The molecule has 1 aliphatic heterocycles. The first-order chi connectivity index (χ1) is 10.1. The Bertz CT molecular complexity index is 331. The molecule has 5 heteroatoms. The molecule has 0 amide bonds. The summed E-state index contributed by atoms with van der Waals surface area (Å²) in [6.07, 6.45) is 5.69. The Morgan fingerprint density at radius 2 is 1.90 bits per heavy atom. The maximum atomic E-state index is 12.2. The van der Waals surface area contributed by atoms with Gasteiger partial charge in [0.25, 0.3) is 0 Å². The number of ether oxygens (including phenoxy) is 3. The SMILES string of the molecule is CCCC(C(=O)OCC)N(C)C1CCC2(CC1)OCCO2. The Morgan fingerprint density at radius 3 is 2.43 bits per heavy atom. The van der Waals surface area contributed by atoms with Crippen LogP contribution in [-0.4, -0.2) is 55.6 Å². The summed E-state index contributed by atoms with van der Waals surface area (Å²) in [5.74, 6) is -0.419. The van der Waals surface area contributed by atoms with Crippen LogP contribution in [-0.2, 0) is 19.0 Å². The molecule has 1 unspecified atom stereocenters. The fourth-order valence-electron chi connectivity index (χ4n) is 3.49. The summed E-state index contributed by atoms with van der Waals surface area (Å²) >= 11 is 0. The molecule has 5 nitrogen and oxygen atoms in total. The predicted molar refractivity (Wildman–Crippen MR) is 80.0 cm³/mol. The highest BCUT2D eigenvalue weighted by Crippen LogP contribution is 2.37. The summed E-state index contributed by atoms with van der Waals surface area (Å²) in [6.45, 7) is 5.84. The van der Waals surface area contributed by atoms with E-state index >= 15 is 0 Å². The third-order valence-corrected chi connectivity index (χ3v) is 4.72. The van der Waals surface area contributed by atoms with E-state index in [2.05, 4.69) is 18.9 Å². The summed E-state index contributed by atoms with van der Waals surface area (Å²) in [5.41, 5.74) is 0. The van der Waals surface area contributed by atoms with Crippen molar-refractivity contribution in [1.82, 2.24) is 4.90 Å². The van der Waals surface area contributed by atoms with Crippen LogP contribution < -0.4 is 0 Å². The van der Waals surface area contributed by atoms with Gasteiger partial charge in [-0.25, -0.2) is 0 Å². The molecule has 0 aromatic heterocycles. The fourth-order valence-corrected chi connectivity index (χ4v) is 3.49. The molecule has 0 bridgehead atoms. The molecule has 1 spiro atoms. The fraction of sp³-hybridized carbons (Fsp3) is 0.938. The molecular weight excluding hydrogens is 270 g/mol. The van der Waals surface area contributed by atoms with Crippen LogP contribution in [0, 0.1) is 0 Å². The zero-order valence-electron chi connectivity index (χ0n) is 13.6. The van der Waals surface area contributed by atoms with Crippen molar-refractivity contribution in [3.63, 3.8) is 0 Å². The number of nitrogens with zero attached hydrogens (tertiary/aromatic N) is 1. The average Bonchev–Trinajstić information content (AvgIpc) is 2.93. The summed E-state index contributed by atoms with van der Waals surface area (Å²) in [4.78, 5) is 14.4. The maximum absolute atomic E-state index is 12.2. The highest BCUT2D eigenvalue weighted by Gasteiger charge is 2.42. The Labute approximate surface area is 127 Å². The minimum atomic E-state index is -0.332. The highest BCUT2D eigenvalue weighted by atomic mass is 16.7. The third-order valence-electron chi connectivity index (χ3n) is 4.72. The Kier molecular flexibility index (Phi) is 6.02. The van der Waals surface area contributed by atoms with E-state index in [4.69, 9.17) is 14.2 Å².